The Morgan fingerprint density at radius 2 is 2.11 bits per heavy atom. The molecule has 0 bridgehead atoms. The molecule has 0 spiro atoms. The summed E-state index contributed by atoms with van der Waals surface area (Å²) in [6.07, 6.45) is 1.50. The number of nitrogens with one attached hydrogen (secondary N) is 1. The number of pyridine rings is 1. The molecule has 3 nitrogen and oxygen atoms in total. The van der Waals surface area contributed by atoms with Crippen molar-refractivity contribution in [2.75, 3.05) is 7.05 Å². The Kier molecular flexibility index (Phi) is 3.37. The maximum Gasteiger partial charge on any atom is 0.269 e. The van der Waals surface area contributed by atoms with Crippen LogP contribution in [0.3, 0.4) is 0 Å². The zero-order valence-electron chi connectivity index (χ0n) is 10.2. The van der Waals surface area contributed by atoms with Gasteiger partial charge in [0, 0.05) is 18.8 Å². The molecule has 2 rings (SSSR count). The Labute approximate surface area is 105 Å². The van der Waals surface area contributed by atoms with Gasteiger partial charge >= 0.3 is 0 Å². The van der Waals surface area contributed by atoms with E-state index >= 15 is 0 Å². The Bertz CT molecular complexity index is 596. The van der Waals surface area contributed by atoms with Crippen molar-refractivity contribution in [1.82, 2.24) is 10.3 Å². The second-order valence-electron chi connectivity index (χ2n) is 3.95. The van der Waals surface area contributed by atoms with Crippen LogP contribution >= 0.6 is 0 Å². The Morgan fingerprint density at radius 1 is 1.33 bits per heavy atom. The fourth-order valence-electron chi connectivity index (χ4n) is 1.72. The summed E-state index contributed by atoms with van der Waals surface area (Å²) in [5.41, 5.74) is 1.97. The first-order valence-electron chi connectivity index (χ1n) is 5.57. The highest BCUT2D eigenvalue weighted by Gasteiger charge is 2.10. The van der Waals surface area contributed by atoms with E-state index < -0.39 is 0 Å². The summed E-state index contributed by atoms with van der Waals surface area (Å²) < 4.78 is 14.0. The SMILES string of the molecule is CNC(=O)c1cc(-c2cccc(C)c2F)ccn1. The topological polar surface area (TPSA) is 42.0 Å². The lowest BCUT2D eigenvalue weighted by atomic mass is 10.0. The quantitative estimate of drug-likeness (QED) is 0.882. The van der Waals surface area contributed by atoms with E-state index in [9.17, 15) is 9.18 Å². The normalized spacial score (nSPS) is 10.2. The van der Waals surface area contributed by atoms with Crippen LogP contribution in [0.25, 0.3) is 11.1 Å². The van der Waals surface area contributed by atoms with Crippen molar-refractivity contribution in [3.8, 4) is 11.1 Å². The molecule has 1 heterocycles. The number of hydrogen-bond donors (Lipinski definition) is 1. The summed E-state index contributed by atoms with van der Waals surface area (Å²) in [5, 5.41) is 2.49. The van der Waals surface area contributed by atoms with Crippen LogP contribution in [-0.4, -0.2) is 17.9 Å². The van der Waals surface area contributed by atoms with Crippen molar-refractivity contribution in [3.05, 3.63) is 53.6 Å². The standard InChI is InChI=1S/C14H13FN2O/c1-9-4-3-5-11(13(9)15)10-6-7-17-12(8-10)14(18)16-2/h3-8H,1-2H3,(H,16,18). The number of hydrogen-bond acceptors (Lipinski definition) is 2. The monoisotopic (exact) mass is 244 g/mol. The molecule has 0 fully saturated rings. The predicted molar refractivity (Wildman–Crippen MR) is 67.8 cm³/mol. The van der Waals surface area contributed by atoms with Gasteiger partial charge in [-0.1, -0.05) is 18.2 Å². The fraction of sp³-hybridized carbons (Fsp3) is 0.143. The smallest absolute Gasteiger partial charge is 0.269 e. The van der Waals surface area contributed by atoms with Gasteiger partial charge in [-0.15, -0.1) is 0 Å². The highest BCUT2D eigenvalue weighted by molar-refractivity contribution is 5.93. The third-order valence-corrected chi connectivity index (χ3v) is 2.72. The van der Waals surface area contributed by atoms with Crippen LogP contribution in [0.1, 0.15) is 16.1 Å². The summed E-state index contributed by atoms with van der Waals surface area (Å²) in [6, 6.07) is 8.44. The maximum absolute atomic E-state index is 14.0. The Balaban J connectivity index is 2.51. The zero-order chi connectivity index (χ0) is 13.1. The van der Waals surface area contributed by atoms with Crippen LogP contribution < -0.4 is 5.32 Å². The zero-order valence-corrected chi connectivity index (χ0v) is 10.2. The van der Waals surface area contributed by atoms with E-state index in [1.165, 1.54) is 13.2 Å². The third kappa shape index (κ3) is 2.22. The number of halogens is 1. The van der Waals surface area contributed by atoms with Crippen LogP contribution in [-0.2, 0) is 0 Å². The molecule has 0 radical (unpaired) electrons. The van der Waals surface area contributed by atoms with Crippen molar-refractivity contribution in [1.29, 1.82) is 0 Å². The van der Waals surface area contributed by atoms with E-state index in [1.807, 2.05) is 0 Å². The minimum Gasteiger partial charge on any atom is -0.354 e. The molecule has 0 aliphatic heterocycles. The van der Waals surface area contributed by atoms with Gasteiger partial charge in [-0.25, -0.2) is 4.39 Å². The number of benzene rings is 1. The number of carbonyl (C=O) groups excluding carboxylic acids is 1. The van der Waals surface area contributed by atoms with Crippen LogP contribution in [0.2, 0.25) is 0 Å². The number of rotatable bonds is 2. The van der Waals surface area contributed by atoms with Crippen molar-refractivity contribution in [2.45, 2.75) is 6.92 Å². The van der Waals surface area contributed by atoms with E-state index in [0.717, 1.165) is 0 Å². The summed E-state index contributed by atoms with van der Waals surface area (Å²) in [7, 11) is 1.53. The van der Waals surface area contributed by atoms with Crippen molar-refractivity contribution in [2.24, 2.45) is 0 Å². The van der Waals surface area contributed by atoms with E-state index in [2.05, 4.69) is 10.3 Å². The average molecular weight is 244 g/mol. The molecule has 0 saturated carbocycles. The molecule has 0 aliphatic rings. The molecule has 0 saturated heterocycles. The average Bonchev–Trinajstić information content (AvgIpc) is 2.41. The second-order valence-corrected chi connectivity index (χ2v) is 3.95. The van der Waals surface area contributed by atoms with Gasteiger partial charge in [0.25, 0.3) is 5.91 Å². The van der Waals surface area contributed by atoms with Gasteiger partial charge in [0.05, 0.1) is 0 Å². The molecule has 18 heavy (non-hydrogen) atoms. The number of aryl methyl sites for hydroxylation is 1. The second kappa shape index (κ2) is 4.96. The number of nitrogens with zero attached hydrogens (tertiary/aromatic N) is 1. The highest BCUT2D eigenvalue weighted by Crippen LogP contribution is 2.24. The van der Waals surface area contributed by atoms with Gasteiger partial charge in [0.2, 0.25) is 0 Å². The summed E-state index contributed by atoms with van der Waals surface area (Å²) in [5.74, 6) is -0.559. The first-order valence-corrected chi connectivity index (χ1v) is 5.57. The lowest BCUT2D eigenvalue weighted by Gasteiger charge is -2.07. The lowest BCUT2D eigenvalue weighted by Crippen LogP contribution is -2.19. The van der Waals surface area contributed by atoms with Crippen molar-refractivity contribution < 1.29 is 9.18 Å². The minimum absolute atomic E-state index is 0.272. The number of amides is 1. The first-order chi connectivity index (χ1) is 8.63. The van der Waals surface area contributed by atoms with Gasteiger partial charge in [0.15, 0.2) is 0 Å². The van der Waals surface area contributed by atoms with Crippen LogP contribution in [0.4, 0.5) is 4.39 Å². The van der Waals surface area contributed by atoms with E-state index in [0.29, 0.717) is 16.7 Å². The van der Waals surface area contributed by atoms with Crippen molar-refractivity contribution >= 4 is 5.91 Å². The molecule has 0 atom stereocenters. The Morgan fingerprint density at radius 3 is 2.83 bits per heavy atom. The molecule has 2 aromatic rings. The molecule has 0 unspecified atom stereocenters. The largest absolute Gasteiger partial charge is 0.354 e. The summed E-state index contributed by atoms with van der Waals surface area (Å²) in [6.45, 7) is 1.71. The van der Waals surface area contributed by atoms with Gasteiger partial charge in [-0.3, -0.25) is 9.78 Å². The van der Waals surface area contributed by atoms with Gasteiger partial charge in [0.1, 0.15) is 11.5 Å². The number of carbonyl (C=O) groups is 1. The minimum atomic E-state index is -0.287. The van der Waals surface area contributed by atoms with Crippen LogP contribution in [0.15, 0.2) is 36.5 Å². The van der Waals surface area contributed by atoms with E-state index in [1.54, 1.807) is 37.3 Å². The first kappa shape index (κ1) is 12.2. The van der Waals surface area contributed by atoms with Gasteiger partial charge < -0.3 is 5.32 Å². The molecular formula is C14H13FN2O. The summed E-state index contributed by atoms with van der Waals surface area (Å²) >= 11 is 0. The molecule has 1 aromatic carbocycles. The van der Waals surface area contributed by atoms with Gasteiger partial charge in [-0.05, 0) is 30.2 Å². The fourth-order valence-corrected chi connectivity index (χ4v) is 1.72. The highest BCUT2D eigenvalue weighted by atomic mass is 19.1. The molecule has 1 N–H and O–H groups in total. The lowest BCUT2D eigenvalue weighted by molar-refractivity contribution is 0.0958. The van der Waals surface area contributed by atoms with Crippen molar-refractivity contribution in [3.63, 3.8) is 0 Å². The molecule has 0 aliphatic carbocycles. The van der Waals surface area contributed by atoms with Crippen LogP contribution in [0.5, 0.6) is 0 Å². The third-order valence-electron chi connectivity index (χ3n) is 2.72. The number of aromatic nitrogens is 1. The van der Waals surface area contributed by atoms with Crippen LogP contribution in [0, 0.1) is 12.7 Å². The maximum atomic E-state index is 14.0. The molecule has 4 heteroatoms. The molecule has 1 aromatic heterocycles. The van der Waals surface area contributed by atoms with E-state index in [-0.39, 0.29) is 17.4 Å². The predicted octanol–water partition coefficient (Wildman–Crippen LogP) is 2.56. The molecule has 92 valence electrons. The Hall–Kier alpha value is -2.23. The van der Waals surface area contributed by atoms with Gasteiger partial charge in [-0.2, -0.15) is 0 Å². The molecule has 1 amide bonds. The molecular weight excluding hydrogens is 231 g/mol. The summed E-state index contributed by atoms with van der Waals surface area (Å²) in [4.78, 5) is 15.4. The van der Waals surface area contributed by atoms with E-state index in [4.69, 9.17) is 0 Å².